The Hall–Kier alpha value is -1.24. The van der Waals surface area contributed by atoms with Gasteiger partial charge in [-0.25, -0.2) is 0 Å². The molecule has 0 aliphatic rings. The number of hydrogen-bond acceptors (Lipinski definition) is 1. The van der Waals surface area contributed by atoms with Crippen LogP contribution in [-0.4, -0.2) is 5.11 Å². The van der Waals surface area contributed by atoms with Gasteiger partial charge in [0.1, 0.15) is 5.75 Å². The van der Waals surface area contributed by atoms with E-state index in [4.69, 9.17) is 0 Å². The van der Waals surface area contributed by atoms with Crippen LogP contribution in [0.2, 0.25) is 0 Å². The second-order valence-corrected chi connectivity index (χ2v) is 5.03. The second kappa shape index (κ2) is 4.73. The van der Waals surface area contributed by atoms with Gasteiger partial charge in [0, 0.05) is 0 Å². The van der Waals surface area contributed by atoms with Gasteiger partial charge in [0.15, 0.2) is 0 Å². The van der Waals surface area contributed by atoms with E-state index in [1.54, 1.807) is 0 Å². The van der Waals surface area contributed by atoms with E-state index in [0.717, 1.165) is 24.0 Å². The molecular formula is C15H22O. The molecule has 1 nitrogen and oxygen atoms in total. The molecule has 1 rings (SSSR count). The zero-order valence-electron chi connectivity index (χ0n) is 10.8. The molecule has 0 aliphatic heterocycles. The van der Waals surface area contributed by atoms with Crippen molar-refractivity contribution in [1.29, 1.82) is 0 Å². The van der Waals surface area contributed by atoms with E-state index in [0.29, 0.717) is 5.75 Å². The van der Waals surface area contributed by atoms with Crippen LogP contribution in [-0.2, 0) is 11.8 Å². The molecule has 0 amide bonds. The smallest absolute Gasteiger partial charge is 0.122 e. The lowest BCUT2D eigenvalue weighted by Crippen LogP contribution is -2.16. The molecule has 0 unspecified atom stereocenters. The number of allylic oxidation sites excluding steroid dienone is 1. The number of phenols is 1. The molecule has 1 heteroatoms. The van der Waals surface area contributed by atoms with Crippen molar-refractivity contribution in [2.24, 2.45) is 0 Å². The Bertz CT molecular complexity index is 389. The molecule has 88 valence electrons. The van der Waals surface area contributed by atoms with Gasteiger partial charge in [0.2, 0.25) is 0 Å². The van der Waals surface area contributed by atoms with Crippen LogP contribution in [0.15, 0.2) is 24.8 Å². The number of phenolic OH excluding ortho intramolecular Hbond substituents is 1. The van der Waals surface area contributed by atoms with E-state index < -0.39 is 0 Å². The van der Waals surface area contributed by atoms with Crippen molar-refractivity contribution in [3.05, 3.63) is 41.5 Å². The van der Waals surface area contributed by atoms with Crippen LogP contribution < -0.4 is 0 Å². The molecule has 0 spiro atoms. The molecule has 0 bridgehead atoms. The van der Waals surface area contributed by atoms with Gasteiger partial charge >= 0.3 is 0 Å². The highest BCUT2D eigenvalue weighted by atomic mass is 16.3. The molecule has 0 fully saturated rings. The van der Waals surface area contributed by atoms with Gasteiger partial charge < -0.3 is 5.11 Å². The average Bonchev–Trinajstić information content (AvgIpc) is 2.24. The highest BCUT2D eigenvalue weighted by Crippen LogP contribution is 2.33. The third-order valence-corrected chi connectivity index (χ3v) is 3.41. The third kappa shape index (κ3) is 2.46. The number of aromatic hydroxyl groups is 1. The summed E-state index contributed by atoms with van der Waals surface area (Å²) in [5.74, 6) is 0.413. The summed E-state index contributed by atoms with van der Waals surface area (Å²) < 4.78 is 0. The molecule has 0 atom stereocenters. The van der Waals surface area contributed by atoms with E-state index in [1.165, 1.54) is 5.56 Å². The van der Waals surface area contributed by atoms with Gasteiger partial charge in [-0.3, -0.25) is 0 Å². The minimum Gasteiger partial charge on any atom is -0.507 e. The predicted molar refractivity (Wildman–Crippen MR) is 70.1 cm³/mol. The summed E-state index contributed by atoms with van der Waals surface area (Å²) in [6.45, 7) is 12.3. The number of hydrogen-bond donors (Lipinski definition) is 1. The lowest BCUT2D eigenvalue weighted by atomic mass is 9.80. The highest BCUT2D eigenvalue weighted by molar-refractivity contribution is 5.45. The lowest BCUT2D eigenvalue weighted by molar-refractivity contribution is 0.461. The van der Waals surface area contributed by atoms with E-state index in [9.17, 15) is 5.11 Å². The van der Waals surface area contributed by atoms with Crippen molar-refractivity contribution in [3.63, 3.8) is 0 Å². The molecule has 1 aromatic rings. The van der Waals surface area contributed by atoms with E-state index in [2.05, 4.69) is 39.5 Å². The first-order valence-corrected chi connectivity index (χ1v) is 5.86. The van der Waals surface area contributed by atoms with Crippen molar-refractivity contribution in [2.45, 2.75) is 46.0 Å². The van der Waals surface area contributed by atoms with Crippen LogP contribution in [0.3, 0.4) is 0 Å². The Labute approximate surface area is 98.8 Å². The van der Waals surface area contributed by atoms with E-state index in [1.807, 2.05) is 13.0 Å². The standard InChI is InChI=1S/C15H22O/c1-6-8-12-10-13(15(4,5)7-2)9-11(3)14(12)16/h6,9-10,16H,1,7-8H2,2-5H3. The van der Waals surface area contributed by atoms with Crippen LogP contribution in [0.1, 0.15) is 43.9 Å². The van der Waals surface area contributed by atoms with Crippen molar-refractivity contribution in [2.75, 3.05) is 0 Å². The van der Waals surface area contributed by atoms with E-state index in [-0.39, 0.29) is 5.41 Å². The lowest BCUT2D eigenvalue weighted by Gasteiger charge is -2.25. The zero-order valence-corrected chi connectivity index (χ0v) is 10.8. The van der Waals surface area contributed by atoms with Gasteiger partial charge in [-0.2, -0.15) is 0 Å². The Balaban J connectivity index is 3.28. The Morgan fingerprint density at radius 1 is 1.38 bits per heavy atom. The summed E-state index contributed by atoms with van der Waals surface area (Å²) in [5, 5.41) is 9.94. The molecule has 0 aromatic heterocycles. The molecule has 0 radical (unpaired) electrons. The SMILES string of the molecule is C=CCc1cc(C(C)(C)CC)cc(C)c1O. The first kappa shape index (κ1) is 12.8. The molecule has 1 aromatic carbocycles. The molecule has 0 saturated heterocycles. The molecule has 0 aliphatic carbocycles. The Morgan fingerprint density at radius 2 is 2.00 bits per heavy atom. The third-order valence-electron chi connectivity index (χ3n) is 3.41. The van der Waals surface area contributed by atoms with E-state index >= 15 is 0 Å². The molecule has 1 N–H and O–H groups in total. The van der Waals surface area contributed by atoms with Crippen LogP contribution in [0.25, 0.3) is 0 Å². The normalized spacial score (nSPS) is 11.5. The molecule has 16 heavy (non-hydrogen) atoms. The quantitative estimate of drug-likeness (QED) is 0.754. The summed E-state index contributed by atoms with van der Waals surface area (Å²) in [6, 6.07) is 4.19. The molecular weight excluding hydrogens is 196 g/mol. The van der Waals surface area contributed by atoms with Crippen molar-refractivity contribution in [1.82, 2.24) is 0 Å². The van der Waals surface area contributed by atoms with Crippen LogP contribution in [0, 0.1) is 6.92 Å². The average molecular weight is 218 g/mol. The predicted octanol–water partition coefficient (Wildman–Crippen LogP) is 4.12. The maximum absolute atomic E-state index is 9.94. The first-order valence-electron chi connectivity index (χ1n) is 5.86. The minimum absolute atomic E-state index is 0.161. The fraction of sp³-hybridized carbons (Fsp3) is 0.467. The monoisotopic (exact) mass is 218 g/mol. The van der Waals surface area contributed by atoms with Crippen LogP contribution in [0.4, 0.5) is 0 Å². The maximum Gasteiger partial charge on any atom is 0.122 e. The van der Waals surface area contributed by atoms with Gasteiger partial charge in [0.25, 0.3) is 0 Å². The number of aryl methyl sites for hydroxylation is 1. The van der Waals surface area contributed by atoms with Crippen molar-refractivity contribution in [3.8, 4) is 5.75 Å². The summed E-state index contributed by atoms with van der Waals surface area (Å²) in [6.07, 6.45) is 3.64. The second-order valence-electron chi connectivity index (χ2n) is 5.03. The Morgan fingerprint density at radius 3 is 2.50 bits per heavy atom. The summed E-state index contributed by atoms with van der Waals surface area (Å²) in [4.78, 5) is 0. The van der Waals surface area contributed by atoms with Crippen molar-refractivity contribution < 1.29 is 5.11 Å². The first-order chi connectivity index (χ1) is 7.42. The number of benzene rings is 1. The van der Waals surface area contributed by atoms with Crippen LogP contribution in [0.5, 0.6) is 5.75 Å². The fourth-order valence-corrected chi connectivity index (χ4v) is 1.76. The summed E-state index contributed by atoms with van der Waals surface area (Å²) in [7, 11) is 0. The van der Waals surface area contributed by atoms with Gasteiger partial charge in [-0.1, -0.05) is 39.0 Å². The summed E-state index contributed by atoms with van der Waals surface area (Å²) >= 11 is 0. The fourth-order valence-electron chi connectivity index (χ4n) is 1.76. The maximum atomic E-state index is 9.94. The largest absolute Gasteiger partial charge is 0.507 e. The Kier molecular flexibility index (Phi) is 3.79. The minimum atomic E-state index is 0.161. The zero-order chi connectivity index (χ0) is 12.3. The topological polar surface area (TPSA) is 20.2 Å². The summed E-state index contributed by atoms with van der Waals surface area (Å²) in [5.41, 5.74) is 3.39. The van der Waals surface area contributed by atoms with Crippen molar-refractivity contribution >= 4 is 0 Å². The van der Waals surface area contributed by atoms with Gasteiger partial charge in [-0.15, -0.1) is 6.58 Å². The van der Waals surface area contributed by atoms with Gasteiger partial charge in [0.05, 0.1) is 0 Å². The molecule has 0 heterocycles. The highest BCUT2D eigenvalue weighted by Gasteiger charge is 2.20. The van der Waals surface area contributed by atoms with Gasteiger partial charge in [-0.05, 0) is 41.9 Å². The van der Waals surface area contributed by atoms with Crippen LogP contribution >= 0.6 is 0 Å². The molecule has 0 saturated carbocycles. The number of rotatable bonds is 4.